The molecule has 2 fully saturated rings. The van der Waals surface area contributed by atoms with E-state index in [4.69, 9.17) is 0 Å². The number of nitrogens with zero attached hydrogens (tertiary/aromatic N) is 4. The summed E-state index contributed by atoms with van der Waals surface area (Å²) in [6, 6.07) is 3.68. The molecule has 4 amide bonds. The predicted molar refractivity (Wildman–Crippen MR) is 104 cm³/mol. The molecule has 0 N–H and O–H groups in total. The third-order valence-corrected chi connectivity index (χ3v) is 6.40. The van der Waals surface area contributed by atoms with Crippen molar-refractivity contribution < 1.29 is 19.3 Å². The number of piperidine rings is 1. The molecule has 9 heteroatoms. The number of barbiturate groups is 1. The summed E-state index contributed by atoms with van der Waals surface area (Å²) in [5.41, 5.74) is -0.0493. The van der Waals surface area contributed by atoms with Gasteiger partial charge in [-0.1, -0.05) is 6.92 Å². The third-order valence-electron chi connectivity index (χ3n) is 6.40. The normalized spacial score (nSPS) is 26.6. The molecule has 0 saturated carbocycles. The zero-order valence-corrected chi connectivity index (χ0v) is 16.6. The van der Waals surface area contributed by atoms with Gasteiger partial charge in [-0.3, -0.25) is 29.5 Å². The van der Waals surface area contributed by atoms with E-state index < -0.39 is 28.2 Å². The maximum atomic E-state index is 13.6. The van der Waals surface area contributed by atoms with Gasteiger partial charge in [-0.15, -0.1) is 0 Å². The molecule has 0 radical (unpaired) electrons. The molecule has 1 aromatic carbocycles. The molecule has 9 nitrogen and oxygen atoms in total. The van der Waals surface area contributed by atoms with Crippen LogP contribution in [0.1, 0.15) is 38.2 Å². The number of carbonyl (C=O) groups is 3. The van der Waals surface area contributed by atoms with Crippen LogP contribution in [0, 0.1) is 15.5 Å². The summed E-state index contributed by atoms with van der Waals surface area (Å²) in [6.07, 6.45) is 3.12. The van der Waals surface area contributed by atoms with Crippen LogP contribution in [0.3, 0.4) is 0 Å². The first kappa shape index (κ1) is 19.4. The number of nitro benzene ring substituents is 1. The smallest absolute Gasteiger partial charge is 0.333 e. The first-order valence-electron chi connectivity index (χ1n) is 10.0. The Morgan fingerprint density at radius 2 is 1.97 bits per heavy atom. The Bertz CT molecular complexity index is 916. The zero-order chi connectivity index (χ0) is 20.9. The first-order chi connectivity index (χ1) is 13.8. The predicted octanol–water partition coefficient (Wildman–Crippen LogP) is 2.33. The number of imide groups is 2. The number of non-ortho nitro benzene ring substituents is 1. The molecular weight excluding hydrogens is 376 g/mol. The van der Waals surface area contributed by atoms with Crippen LogP contribution in [0.15, 0.2) is 18.2 Å². The Morgan fingerprint density at radius 1 is 1.21 bits per heavy atom. The number of amides is 4. The van der Waals surface area contributed by atoms with Crippen LogP contribution in [-0.2, 0) is 16.0 Å². The van der Waals surface area contributed by atoms with Gasteiger partial charge in [0.15, 0.2) is 5.41 Å². The van der Waals surface area contributed by atoms with Crippen LogP contribution in [0.4, 0.5) is 16.2 Å². The highest BCUT2D eigenvalue weighted by Gasteiger charge is 2.63. The molecule has 0 aromatic heterocycles. The zero-order valence-electron chi connectivity index (χ0n) is 16.6. The van der Waals surface area contributed by atoms with Crippen LogP contribution in [0.5, 0.6) is 0 Å². The summed E-state index contributed by atoms with van der Waals surface area (Å²) in [6.45, 7) is 2.78. The van der Waals surface area contributed by atoms with Crippen molar-refractivity contribution >= 4 is 29.2 Å². The molecule has 29 heavy (non-hydrogen) atoms. The van der Waals surface area contributed by atoms with Crippen molar-refractivity contribution in [1.82, 2.24) is 9.80 Å². The van der Waals surface area contributed by atoms with E-state index in [2.05, 4.69) is 4.90 Å². The minimum absolute atomic E-state index is 0.0695. The lowest BCUT2D eigenvalue weighted by Crippen LogP contribution is -2.72. The Balaban J connectivity index is 1.90. The molecular formula is C20H24N4O5. The molecule has 2 atom stereocenters. The number of anilines is 1. The summed E-state index contributed by atoms with van der Waals surface area (Å²) >= 11 is 0. The van der Waals surface area contributed by atoms with Gasteiger partial charge in [0.05, 0.1) is 11.0 Å². The number of benzene rings is 1. The fraction of sp³-hybridized carbons (Fsp3) is 0.550. The van der Waals surface area contributed by atoms with E-state index in [1.54, 1.807) is 6.07 Å². The van der Waals surface area contributed by atoms with Gasteiger partial charge in [0.25, 0.3) is 5.69 Å². The van der Waals surface area contributed by atoms with E-state index in [0.29, 0.717) is 24.9 Å². The van der Waals surface area contributed by atoms with E-state index in [1.807, 2.05) is 6.92 Å². The van der Waals surface area contributed by atoms with Crippen LogP contribution in [-0.4, -0.2) is 58.7 Å². The SMILES string of the molecule is CCCN1C(=O)N(C)C(=O)[C@]2(Cc3cc([N+](=O)[O-])ccc3N3CCCC[C@@H]32)C1=O. The van der Waals surface area contributed by atoms with Crippen LogP contribution in [0.2, 0.25) is 0 Å². The van der Waals surface area contributed by atoms with Gasteiger partial charge in [-0.2, -0.15) is 0 Å². The minimum atomic E-state index is -1.43. The number of rotatable bonds is 3. The molecule has 4 rings (SSSR count). The summed E-state index contributed by atoms with van der Waals surface area (Å²) in [4.78, 5) is 54.8. The quantitative estimate of drug-likeness (QED) is 0.438. The fourth-order valence-corrected chi connectivity index (χ4v) is 5.10. The number of nitro groups is 1. The summed E-state index contributed by atoms with van der Waals surface area (Å²) in [5.74, 6) is -0.976. The van der Waals surface area contributed by atoms with Gasteiger partial charge >= 0.3 is 6.03 Å². The minimum Gasteiger partial charge on any atom is -0.367 e. The molecule has 0 bridgehead atoms. The van der Waals surface area contributed by atoms with Gasteiger partial charge in [0.2, 0.25) is 11.8 Å². The molecule has 0 aliphatic carbocycles. The van der Waals surface area contributed by atoms with Gasteiger partial charge in [0, 0.05) is 44.4 Å². The summed E-state index contributed by atoms with van der Waals surface area (Å²) in [5, 5.41) is 11.3. The lowest BCUT2D eigenvalue weighted by atomic mass is 9.65. The third kappa shape index (κ3) is 2.63. The van der Waals surface area contributed by atoms with Crippen molar-refractivity contribution in [2.75, 3.05) is 25.0 Å². The van der Waals surface area contributed by atoms with Crippen molar-refractivity contribution in [2.45, 2.75) is 45.1 Å². The van der Waals surface area contributed by atoms with Crippen LogP contribution < -0.4 is 4.90 Å². The number of fused-ring (bicyclic) bond motifs is 4. The van der Waals surface area contributed by atoms with E-state index in [0.717, 1.165) is 23.4 Å². The molecule has 0 unspecified atom stereocenters. The van der Waals surface area contributed by atoms with Gasteiger partial charge in [-0.05, 0) is 37.3 Å². The molecule has 3 aliphatic rings. The summed E-state index contributed by atoms with van der Waals surface area (Å²) < 4.78 is 0. The molecule has 2 saturated heterocycles. The highest BCUT2D eigenvalue weighted by Crippen LogP contribution is 2.49. The Labute approximate surface area is 168 Å². The van der Waals surface area contributed by atoms with Crippen molar-refractivity contribution in [3.05, 3.63) is 33.9 Å². The second-order valence-electron chi connectivity index (χ2n) is 8.03. The Kier molecular flexibility index (Phi) is 4.55. The lowest BCUT2D eigenvalue weighted by molar-refractivity contribution is -0.384. The molecule has 3 heterocycles. The highest BCUT2D eigenvalue weighted by atomic mass is 16.6. The van der Waals surface area contributed by atoms with Crippen LogP contribution in [0.25, 0.3) is 0 Å². The van der Waals surface area contributed by atoms with Crippen molar-refractivity contribution in [3.63, 3.8) is 0 Å². The second-order valence-corrected chi connectivity index (χ2v) is 8.03. The molecule has 1 aromatic rings. The highest BCUT2D eigenvalue weighted by molar-refractivity contribution is 6.20. The standard InChI is InChI=1S/C20H24N4O5/c1-3-9-23-18(26)20(17(25)21(2)19(23)27)12-13-11-14(24(28)29)7-8-15(13)22-10-5-4-6-16(20)22/h7-8,11,16H,3-6,9-10,12H2,1-2H3/t16-,20-/m1/s1. The maximum absolute atomic E-state index is 13.6. The van der Waals surface area contributed by atoms with E-state index in [9.17, 15) is 24.5 Å². The van der Waals surface area contributed by atoms with E-state index in [-0.39, 0.29) is 24.7 Å². The number of hydrogen-bond acceptors (Lipinski definition) is 6. The maximum Gasteiger partial charge on any atom is 0.333 e. The van der Waals surface area contributed by atoms with E-state index in [1.165, 1.54) is 24.1 Å². The lowest BCUT2D eigenvalue weighted by Gasteiger charge is -2.55. The van der Waals surface area contributed by atoms with Gasteiger partial charge < -0.3 is 4.90 Å². The number of carbonyl (C=O) groups excluding carboxylic acids is 3. The Morgan fingerprint density at radius 3 is 2.66 bits per heavy atom. The molecule has 1 spiro atoms. The largest absolute Gasteiger partial charge is 0.367 e. The van der Waals surface area contributed by atoms with E-state index >= 15 is 0 Å². The van der Waals surface area contributed by atoms with Crippen molar-refractivity contribution in [1.29, 1.82) is 0 Å². The average Bonchev–Trinajstić information content (AvgIpc) is 2.73. The number of hydrogen-bond donors (Lipinski definition) is 0. The fourth-order valence-electron chi connectivity index (χ4n) is 5.10. The monoisotopic (exact) mass is 400 g/mol. The summed E-state index contributed by atoms with van der Waals surface area (Å²) in [7, 11) is 1.41. The van der Waals surface area contributed by atoms with Gasteiger partial charge in [0.1, 0.15) is 0 Å². The van der Waals surface area contributed by atoms with Crippen molar-refractivity contribution in [3.8, 4) is 0 Å². The number of urea groups is 1. The van der Waals surface area contributed by atoms with Gasteiger partial charge in [-0.25, -0.2) is 4.79 Å². The van der Waals surface area contributed by atoms with Crippen LogP contribution >= 0.6 is 0 Å². The Hall–Kier alpha value is -2.97. The molecule has 3 aliphatic heterocycles. The first-order valence-corrected chi connectivity index (χ1v) is 10.0. The van der Waals surface area contributed by atoms with Crippen molar-refractivity contribution in [2.24, 2.45) is 5.41 Å². The molecule has 154 valence electrons. The average molecular weight is 400 g/mol. The topological polar surface area (TPSA) is 104 Å². The second kappa shape index (κ2) is 6.82.